The molecule has 1 fully saturated rings. The van der Waals surface area contributed by atoms with Crippen LogP contribution < -0.4 is 11.3 Å². The second kappa shape index (κ2) is 5.84. The lowest BCUT2D eigenvalue weighted by Crippen LogP contribution is -2.30. The Morgan fingerprint density at radius 3 is 3.00 bits per heavy atom. The van der Waals surface area contributed by atoms with Crippen molar-refractivity contribution in [2.75, 3.05) is 5.75 Å². The van der Waals surface area contributed by atoms with Crippen molar-refractivity contribution in [3.8, 4) is 0 Å². The van der Waals surface area contributed by atoms with Crippen LogP contribution in [0.2, 0.25) is 0 Å². The van der Waals surface area contributed by atoms with Crippen LogP contribution >= 0.6 is 23.1 Å². The first kappa shape index (κ1) is 12.9. The van der Waals surface area contributed by atoms with Crippen LogP contribution in [0.4, 0.5) is 0 Å². The van der Waals surface area contributed by atoms with Crippen molar-refractivity contribution in [3.63, 3.8) is 0 Å². The van der Waals surface area contributed by atoms with E-state index in [1.807, 2.05) is 11.8 Å². The Balaban J connectivity index is 2.10. The Labute approximate surface area is 109 Å². The van der Waals surface area contributed by atoms with Gasteiger partial charge in [-0.1, -0.05) is 6.92 Å². The van der Waals surface area contributed by atoms with Gasteiger partial charge in [-0.15, -0.1) is 11.3 Å². The van der Waals surface area contributed by atoms with E-state index >= 15 is 0 Å². The average Bonchev–Trinajstić information content (AvgIpc) is 3.10. The summed E-state index contributed by atoms with van der Waals surface area (Å²) in [5.41, 5.74) is 3.17. The van der Waals surface area contributed by atoms with E-state index in [1.54, 1.807) is 0 Å². The number of nitrogens with two attached hydrogens (primary N) is 1. The Morgan fingerprint density at radius 2 is 2.41 bits per heavy atom. The summed E-state index contributed by atoms with van der Waals surface area (Å²) in [6.07, 6.45) is 3.47. The minimum atomic E-state index is -0.198. The van der Waals surface area contributed by atoms with Gasteiger partial charge in [0, 0.05) is 11.7 Å². The standard InChI is InChI=1S/C11H17N3OS2/c1-2-5-16-6-8-13-9(7-3-4-7)10(17-8)11(15)14-12/h7H,2-6,12H2,1H3,(H,14,15). The van der Waals surface area contributed by atoms with Crippen molar-refractivity contribution in [3.05, 3.63) is 15.6 Å². The zero-order valence-corrected chi connectivity index (χ0v) is 11.5. The minimum Gasteiger partial charge on any atom is -0.289 e. The Kier molecular flexibility index (Phi) is 4.42. The summed E-state index contributed by atoms with van der Waals surface area (Å²) in [6.45, 7) is 2.16. The molecule has 1 aromatic rings. The SMILES string of the molecule is CCCSCc1nc(C2CC2)c(C(=O)NN)s1. The summed E-state index contributed by atoms with van der Waals surface area (Å²) in [4.78, 5) is 16.9. The molecule has 3 N–H and O–H groups in total. The van der Waals surface area contributed by atoms with Gasteiger partial charge in [-0.25, -0.2) is 10.8 Å². The molecule has 1 aliphatic rings. The van der Waals surface area contributed by atoms with Gasteiger partial charge in [0.05, 0.1) is 5.69 Å². The third-order valence-corrected chi connectivity index (χ3v) is 5.00. The lowest BCUT2D eigenvalue weighted by atomic mass is 10.2. The molecule has 1 amide bonds. The molecule has 1 aromatic heterocycles. The predicted molar refractivity (Wildman–Crippen MR) is 72.2 cm³/mol. The van der Waals surface area contributed by atoms with Crippen molar-refractivity contribution in [2.45, 2.75) is 37.9 Å². The highest BCUT2D eigenvalue weighted by molar-refractivity contribution is 7.98. The maximum atomic E-state index is 11.6. The number of thiazole rings is 1. The van der Waals surface area contributed by atoms with Crippen LogP contribution in [0.25, 0.3) is 0 Å². The van der Waals surface area contributed by atoms with Crippen molar-refractivity contribution in [1.29, 1.82) is 0 Å². The molecule has 17 heavy (non-hydrogen) atoms. The fourth-order valence-corrected chi connectivity index (χ4v) is 3.61. The van der Waals surface area contributed by atoms with Crippen molar-refractivity contribution < 1.29 is 4.79 Å². The maximum absolute atomic E-state index is 11.6. The van der Waals surface area contributed by atoms with Gasteiger partial charge >= 0.3 is 0 Å². The van der Waals surface area contributed by atoms with E-state index < -0.39 is 0 Å². The number of aromatic nitrogens is 1. The number of nitrogens with one attached hydrogen (secondary N) is 1. The molecule has 0 aliphatic heterocycles. The van der Waals surface area contributed by atoms with Crippen LogP contribution in [0.1, 0.15) is 52.5 Å². The molecular weight excluding hydrogens is 254 g/mol. The van der Waals surface area contributed by atoms with E-state index in [4.69, 9.17) is 5.84 Å². The van der Waals surface area contributed by atoms with Crippen LogP contribution in [0.3, 0.4) is 0 Å². The highest BCUT2D eigenvalue weighted by Crippen LogP contribution is 2.43. The number of hydrazine groups is 1. The second-order valence-electron chi connectivity index (χ2n) is 4.12. The van der Waals surface area contributed by atoms with Crippen molar-refractivity contribution in [2.24, 2.45) is 5.84 Å². The van der Waals surface area contributed by atoms with Gasteiger partial charge in [-0.3, -0.25) is 10.2 Å². The van der Waals surface area contributed by atoms with Gasteiger partial charge in [0.2, 0.25) is 0 Å². The molecule has 1 aliphatic carbocycles. The third-order valence-electron chi connectivity index (χ3n) is 2.57. The Hall–Kier alpha value is -0.590. The molecule has 0 spiro atoms. The van der Waals surface area contributed by atoms with Gasteiger partial charge in [0.1, 0.15) is 9.88 Å². The molecular formula is C11H17N3OS2. The molecule has 0 unspecified atom stereocenters. The van der Waals surface area contributed by atoms with Crippen LogP contribution in [0.15, 0.2) is 0 Å². The first-order valence-electron chi connectivity index (χ1n) is 5.84. The van der Waals surface area contributed by atoms with Gasteiger partial charge in [0.15, 0.2) is 0 Å². The lowest BCUT2D eigenvalue weighted by Gasteiger charge is -1.97. The van der Waals surface area contributed by atoms with Crippen LogP contribution in [0.5, 0.6) is 0 Å². The number of nitrogens with zero attached hydrogens (tertiary/aromatic N) is 1. The van der Waals surface area contributed by atoms with Crippen molar-refractivity contribution >= 4 is 29.0 Å². The topological polar surface area (TPSA) is 68.0 Å². The van der Waals surface area contributed by atoms with E-state index in [0.717, 1.165) is 35.0 Å². The van der Waals surface area contributed by atoms with Crippen molar-refractivity contribution in [1.82, 2.24) is 10.4 Å². The molecule has 1 heterocycles. The van der Waals surface area contributed by atoms with E-state index in [-0.39, 0.29) is 5.91 Å². The molecule has 0 atom stereocenters. The highest BCUT2D eigenvalue weighted by atomic mass is 32.2. The predicted octanol–water partition coefficient (Wildman–Crippen LogP) is 2.27. The lowest BCUT2D eigenvalue weighted by molar-refractivity contribution is 0.0956. The summed E-state index contributed by atoms with van der Waals surface area (Å²) in [7, 11) is 0. The number of amides is 1. The summed E-state index contributed by atoms with van der Waals surface area (Å²) >= 11 is 3.35. The maximum Gasteiger partial charge on any atom is 0.277 e. The van der Waals surface area contributed by atoms with E-state index in [9.17, 15) is 4.79 Å². The smallest absolute Gasteiger partial charge is 0.277 e. The highest BCUT2D eigenvalue weighted by Gasteiger charge is 2.31. The number of carbonyl (C=O) groups is 1. The molecule has 2 rings (SSSR count). The number of thioether (sulfide) groups is 1. The zero-order valence-electron chi connectivity index (χ0n) is 9.86. The number of hydrogen-bond donors (Lipinski definition) is 2. The fraction of sp³-hybridized carbons (Fsp3) is 0.636. The Bertz CT molecular complexity index is 401. The van der Waals surface area contributed by atoms with Crippen LogP contribution in [0, 0.1) is 0 Å². The fourth-order valence-electron chi connectivity index (χ4n) is 1.61. The molecule has 0 radical (unpaired) electrons. The summed E-state index contributed by atoms with van der Waals surface area (Å²) < 4.78 is 0. The number of carbonyl (C=O) groups excluding carboxylic acids is 1. The van der Waals surface area contributed by atoms with Gasteiger partial charge < -0.3 is 0 Å². The third kappa shape index (κ3) is 3.20. The van der Waals surface area contributed by atoms with Crippen LogP contribution in [-0.4, -0.2) is 16.6 Å². The normalized spacial score (nSPS) is 14.9. The quantitative estimate of drug-likeness (QED) is 0.360. The van der Waals surface area contributed by atoms with Gasteiger partial charge in [-0.2, -0.15) is 11.8 Å². The zero-order chi connectivity index (χ0) is 12.3. The van der Waals surface area contributed by atoms with Crippen LogP contribution in [-0.2, 0) is 5.75 Å². The first-order valence-corrected chi connectivity index (χ1v) is 7.81. The largest absolute Gasteiger partial charge is 0.289 e. The monoisotopic (exact) mass is 271 g/mol. The molecule has 0 saturated heterocycles. The molecule has 94 valence electrons. The van der Waals surface area contributed by atoms with Gasteiger partial charge in [0.25, 0.3) is 5.91 Å². The van der Waals surface area contributed by atoms with E-state index in [2.05, 4.69) is 17.3 Å². The van der Waals surface area contributed by atoms with Gasteiger partial charge in [-0.05, 0) is 25.0 Å². The molecule has 0 aromatic carbocycles. The first-order chi connectivity index (χ1) is 8.26. The molecule has 4 nitrogen and oxygen atoms in total. The summed E-state index contributed by atoms with van der Waals surface area (Å²) in [6, 6.07) is 0. The number of nitrogen functional groups attached to an aromatic ring is 1. The van der Waals surface area contributed by atoms with E-state index in [1.165, 1.54) is 17.8 Å². The minimum absolute atomic E-state index is 0.198. The molecule has 6 heteroatoms. The average molecular weight is 271 g/mol. The molecule has 0 bridgehead atoms. The Morgan fingerprint density at radius 1 is 1.65 bits per heavy atom. The number of hydrogen-bond acceptors (Lipinski definition) is 5. The molecule has 1 saturated carbocycles. The summed E-state index contributed by atoms with van der Waals surface area (Å²) in [5, 5.41) is 1.05. The van der Waals surface area contributed by atoms with E-state index in [0.29, 0.717) is 10.8 Å². The second-order valence-corrected chi connectivity index (χ2v) is 6.31. The summed E-state index contributed by atoms with van der Waals surface area (Å²) in [5.74, 6) is 7.52. The number of rotatable bonds is 6.